The molecule has 5 heterocycles. The maximum Gasteiger partial charge on any atom is 0.168 e. The van der Waals surface area contributed by atoms with Crippen LogP contribution >= 0.6 is 0 Å². The summed E-state index contributed by atoms with van der Waals surface area (Å²) in [6.07, 6.45) is 8.63. The lowest BCUT2D eigenvalue weighted by atomic mass is 10.1. The maximum atomic E-state index is 14.6. The summed E-state index contributed by atoms with van der Waals surface area (Å²) in [4.78, 5) is 15.9. The molecule has 1 unspecified atom stereocenters. The molecule has 1 saturated heterocycles. The third-order valence-corrected chi connectivity index (χ3v) is 5.09. The number of pyridine rings is 2. The predicted octanol–water partition coefficient (Wildman–Crippen LogP) is 3.23. The molecule has 9 heteroatoms. The van der Waals surface area contributed by atoms with Gasteiger partial charge in [-0.25, -0.2) is 23.7 Å². The molecule has 0 aromatic carbocycles. The summed E-state index contributed by atoms with van der Waals surface area (Å²) in [5.41, 5.74) is 1.98. The monoisotopic (exact) mass is 395 g/mol. The van der Waals surface area contributed by atoms with Gasteiger partial charge in [-0.1, -0.05) is 0 Å². The highest BCUT2D eigenvalue weighted by atomic mass is 19.1. The largest absolute Gasteiger partial charge is 0.364 e. The summed E-state index contributed by atoms with van der Waals surface area (Å²) in [5, 5.41) is 6.36. The third kappa shape index (κ3) is 3.33. The second-order valence-electron chi connectivity index (χ2n) is 7.06. The van der Waals surface area contributed by atoms with E-state index in [0.717, 1.165) is 43.4 Å². The van der Waals surface area contributed by atoms with Crippen LogP contribution in [-0.2, 0) is 0 Å². The van der Waals surface area contributed by atoms with Crippen LogP contribution in [0.3, 0.4) is 0 Å². The first kappa shape index (κ1) is 17.7. The standard InChI is InChI=1S/C20H19F2N7/c21-14-9-15(22)20(27-13-2-1-4-23-10-13)28-18(14)16-11-26-17-8-12(3-7-29(16)17)19-24-5-6-25-19/h3,5-9,11,13,23H,1-2,4,10H2,(H,24,25)(H,27,28). The number of hydrogen-bond donors (Lipinski definition) is 3. The molecule has 5 rings (SSSR count). The van der Waals surface area contributed by atoms with Crippen molar-refractivity contribution in [3.8, 4) is 22.8 Å². The van der Waals surface area contributed by atoms with E-state index in [1.807, 2.05) is 12.1 Å². The fourth-order valence-corrected chi connectivity index (χ4v) is 3.64. The Labute approximate surface area is 165 Å². The number of hydrogen-bond acceptors (Lipinski definition) is 5. The Morgan fingerprint density at radius 3 is 2.90 bits per heavy atom. The molecule has 4 aromatic rings. The van der Waals surface area contributed by atoms with Crippen LogP contribution in [0.2, 0.25) is 0 Å². The summed E-state index contributed by atoms with van der Waals surface area (Å²) in [6, 6.07) is 4.63. The van der Waals surface area contributed by atoms with E-state index in [2.05, 4.69) is 30.6 Å². The predicted molar refractivity (Wildman–Crippen MR) is 105 cm³/mol. The Balaban J connectivity index is 1.52. The van der Waals surface area contributed by atoms with Crippen molar-refractivity contribution < 1.29 is 8.78 Å². The van der Waals surface area contributed by atoms with Crippen LogP contribution < -0.4 is 10.6 Å². The molecule has 0 amide bonds. The van der Waals surface area contributed by atoms with E-state index in [0.29, 0.717) is 11.3 Å². The van der Waals surface area contributed by atoms with Crippen LogP contribution in [0, 0.1) is 11.6 Å². The highest BCUT2D eigenvalue weighted by molar-refractivity contribution is 5.67. The summed E-state index contributed by atoms with van der Waals surface area (Å²) in [6.45, 7) is 1.67. The molecule has 0 spiro atoms. The van der Waals surface area contributed by atoms with E-state index in [1.54, 1.807) is 23.0 Å². The second-order valence-corrected chi connectivity index (χ2v) is 7.06. The number of aromatic nitrogens is 5. The van der Waals surface area contributed by atoms with Crippen molar-refractivity contribution in [1.82, 2.24) is 29.7 Å². The van der Waals surface area contributed by atoms with E-state index in [9.17, 15) is 8.78 Å². The quantitative estimate of drug-likeness (QED) is 0.494. The van der Waals surface area contributed by atoms with Crippen molar-refractivity contribution in [1.29, 1.82) is 0 Å². The zero-order valence-electron chi connectivity index (χ0n) is 15.5. The molecule has 148 valence electrons. The van der Waals surface area contributed by atoms with Crippen molar-refractivity contribution >= 4 is 11.5 Å². The normalized spacial score (nSPS) is 17.0. The number of anilines is 1. The van der Waals surface area contributed by atoms with Gasteiger partial charge in [-0.05, 0) is 31.5 Å². The number of halogens is 2. The highest BCUT2D eigenvalue weighted by Crippen LogP contribution is 2.27. The lowest BCUT2D eigenvalue weighted by Gasteiger charge is -2.24. The lowest BCUT2D eigenvalue weighted by Crippen LogP contribution is -2.38. The van der Waals surface area contributed by atoms with Gasteiger partial charge < -0.3 is 15.6 Å². The molecule has 1 aliphatic rings. The minimum Gasteiger partial charge on any atom is -0.364 e. The van der Waals surface area contributed by atoms with Crippen molar-refractivity contribution in [2.45, 2.75) is 18.9 Å². The van der Waals surface area contributed by atoms with Gasteiger partial charge in [0.2, 0.25) is 0 Å². The van der Waals surface area contributed by atoms with Gasteiger partial charge in [0, 0.05) is 42.8 Å². The van der Waals surface area contributed by atoms with E-state index >= 15 is 0 Å². The molecule has 1 atom stereocenters. The fourth-order valence-electron chi connectivity index (χ4n) is 3.64. The minimum absolute atomic E-state index is 0.0518. The number of nitrogens with zero attached hydrogens (tertiary/aromatic N) is 4. The molecule has 0 radical (unpaired) electrons. The topological polar surface area (TPSA) is 82.9 Å². The SMILES string of the molecule is Fc1cc(F)c(-c2cnc3cc(-c4ncc[nH]4)ccn23)nc1NC1CCCNC1. The van der Waals surface area contributed by atoms with E-state index in [1.165, 1.54) is 6.20 Å². The van der Waals surface area contributed by atoms with Crippen LogP contribution in [0.1, 0.15) is 12.8 Å². The number of piperidine rings is 1. The third-order valence-electron chi connectivity index (χ3n) is 5.09. The minimum atomic E-state index is -0.730. The Kier molecular flexibility index (Phi) is 4.44. The lowest BCUT2D eigenvalue weighted by molar-refractivity contribution is 0.475. The molecule has 1 fully saturated rings. The molecular weight excluding hydrogens is 376 g/mol. The zero-order valence-corrected chi connectivity index (χ0v) is 15.5. The molecule has 29 heavy (non-hydrogen) atoms. The number of aromatic amines is 1. The molecule has 0 saturated carbocycles. The van der Waals surface area contributed by atoms with E-state index < -0.39 is 11.6 Å². The number of imidazole rings is 2. The van der Waals surface area contributed by atoms with Crippen molar-refractivity contribution in [3.63, 3.8) is 0 Å². The molecule has 4 aromatic heterocycles. The van der Waals surface area contributed by atoms with Crippen LogP contribution in [0.5, 0.6) is 0 Å². The summed E-state index contributed by atoms with van der Waals surface area (Å²) >= 11 is 0. The number of fused-ring (bicyclic) bond motifs is 1. The maximum absolute atomic E-state index is 14.6. The molecule has 7 nitrogen and oxygen atoms in total. The Morgan fingerprint density at radius 1 is 1.17 bits per heavy atom. The van der Waals surface area contributed by atoms with Crippen molar-refractivity contribution in [2.24, 2.45) is 0 Å². The van der Waals surface area contributed by atoms with Crippen molar-refractivity contribution in [3.05, 3.63) is 54.6 Å². The second kappa shape index (κ2) is 7.25. The number of rotatable bonds is 4. The number of nitrogens with one attached hydrogen (secondary N) is 3. The first-order valence-corrected chi connectivity index (χ1v) is 9.49. The first-order chi connectivity index (χ1) is 14.2. The van der Waals surface area contributed by atoms with Gasteiger partial charge in [-0.15, -0.1) is 0 Å². The molecule has 0 aliphatic carbocycles. The Morgan fingerprint density at radius 2 is 2.10 bits per heavy atom. The first-order valence-electron chi connectivity index (χ1n) is 9.49. The summed E-state index contributed by atoms with van der Waals surface area (Å²) in [7, 11) is 0. The molecule has 3 N–H and O–H groups in total. The van der Waals surface area contributed by atoms with Gasteiger partial charge in [-0.3, -0.25) is 4.40 Å². The molecule has 0 bridgehead atoms. The van der Waals surface area contributed by atoms with Crippen LogP contribution in [0.25, 0.3) is 28.4 Å². The van der Waals surface area contributed by atoms with Gasteiger partial charge in [0.05, 0.1) is 11.9 Å². The van der Waals surface area contributed by atoms with Crippen molar-refractivity contribution in [2.75, 3.05) is 18.4 Å². The zero-order chi connectivity index (χ0) is 19.8. The van der Waals surface area contributed by atoms with Gasteiger partial charge in [-0.2, -0.15) is 0 Å². The van der Waals surface area contributed by atoms with Gasteiger partial charge in [0.1, 0.15) is 17.2 Å². The van der Waals surface area contributed by atoms with Gasteiger partial charge in [0.25, 0.3) is 0 Å². The van der Waals surface area contributed by atoms with Gasteiger partial charge in [0.15, 0.2) is 17.5 Å². The van der Waals surface area contributed by atoms with Gasteiger partial charge >= 0.3 is 0 Å². The van der Waals surface area contributed by atoms with Crippen LogP contribution in [0.15, 0.2) is 43.0 Å². The van der Waals surface area contributed by atoms with E-state index in [-0.39, 0.29) is 17.6 Å². The summed E-state index contributed by atoms with van der Waals surface area (Å²) in [5.74, 6) is -0.662. The Hall–Kier alpha value is -3.33. The van der Waals surface area contributed by atoms with Crippen LogP contribution in [-0.4, -0.2) is 43.5 Å². The fraction of sp³-hybridized carbons (Fsp3) is 0.250. The highest BCUT2D eigenvalue weighted by Gasteiger charge is 2.20. The average molecular weight is 395 g/mol. The molecular formula is C20H19F2N7. The number of H-pyrrole nitrogens is 1. The van der Waals surface area contributed by atoms with Crippen LogP contribution in [0.4, 0.5) is 14.6 Å². The summed E-state index contributed by atoms with van der Waals surface area (Å²) < 4.78 is 30.7. The molecule has 1 aliphatic heterocycles. The van der Waals surface area contributed by atoms with E-state index in [4.69, 9.17) is 0 Å². The average Bonchev–Trinajstić information content (AvgIpc) is 3.40. The smallest absolute Gasteiger partial charge is 0.168 e. The Bertz CT molecular complexity index is 1150.